The second-order valence-corrected chi connectivity index (χ2v) is 5.46. The van der Waals surface area contributed by atoms with Crippen molar-refractivity contribution in [3.63, 3.8) is 0 Å². The van der Waals surface area contributed by atoms with Crippen LogP contribution in [-0.2, 0) is 0 Å². The van der Waals surface area contributed by atoms with E-state index in [1.165, 1.54) is 43.6 Å². The molecule has 16 heavy (non-hydrogen) atoms. The molecule has 0 aliphatic heterocycles. The summed E-state index contributed by atoms with van der Waals surface area (Å²) in [5.74, 6) is 2.62. The SMILES string of the molecule is NC1CCC(c2ncc(C3CCC3)[nH]2)CC1. The van der Waals surface area contributed by atoms with E-state index in [0.717, 1.165) is 18.8 Å². The van der Waals surface area contributed by atoms with Crippen molar-refractivity contribution in [2.24, 2.45) is 5.73 Å². The molecular weight excluding hydrogens is 198 g/mol. The second-order valence-electron chi connectivity index (χ2n) is 5.46. The predicted molar refractivity (Wildman–Crippen MR) is 64.4 cm³/mol. The average Bonchev–Trinajstić information content (AvgIpc) is 2.65. The first kappa shape index (κ1) is 10.3. The zero-order chi connectivity index (χ0) is 11.0. The molecule has 1 heterocycles. The van der Waals surface area contributed by atoms with Crippen LogP contribution in [0.3, 0.4) is 0 Å². The monoisotopic (exact) mass is 219 g/mol. The van der Waals surface area contributed by atoms with Crippen molar-refractivity contribution in [3.05, 3.63) is 17.7 Å². The van der Waals surface area contributed by atoms with Crippen molar-refractivity contribution >= 4 is 0 Å². The molecule has 1 aromatic rings. The number of nitrogens with two attached hydrogens (primary N) is 1. The smallest absolute Gasteiger partial charge is 0.109 e. The maximum absolute atomic E-state index is 5.93. The Labute approximate surface area is 96.8 Å². The van der Waals surface area contributed by atoms with E-state index in [2.05, 4.69) is 16.2 Å². The minimum absolute atomic E-state index is 0.428. The Morgan fingerprint density at radius 2 is 1.81 bits per heavy atom. The summed E-state index contributed by atoms with van der Waals surface area (Å²) in [6.45, 7) is 0. The second kappa shape index (κ2) is 4.21. The molecule has 0 spiro atoms. The Morgan fingerprint density at radius 3 is 2.44 bits per heavy atom. The lowest BCUT2D eigenvalue weighted by Gasteiger charge is -2.25. The summed E-state index contributed by atoms with van der Waals surface area (Å²) in [6.07, 6.45) is 10.9. The van der Waals surface area contributed by atoms with Crippen LogP contribution in [0, 0.1) is 0 Å². The normalized spacial score (nSPS) is 31.3. The fraction of sp³-hybridized carbons (Fsp3) is 0.769. The zero-order valence-electron chi connectivity index (χ0n) is 9.78. The Balaban J connectivity index is 1.67. The number of hydrogen-bond donors (Lipinski definition) is 2. The van der Waals surface area contributed by atoms with Crippen molar-refractivity contribution < 1.29 is 0 Å². The highest BCUT2D eigenvalue weighted by atomic mass is 14.9. The lowest BCUT2D eigenvalue weighted by atomic mass is 9.83. The van der Waals surface area contributed by atoms with Gasteiger partial charge in [0.2, 0.25) is 0 Å². The van der Waals surface area contributed by atoms with E-state index in [9.17, 15) is 0 Å². The highest BCUT2D eigenvalue weighted by molar-refractivity contribution is 5.13. The molecule has 0 radical (unpaired) electrons. The zero-order valence-corrected chi connectivity index (χ0v) is 9.78. The minimum atomic E-state index is 0.428. The molecule has 3 nitrogen and oxygen atoms in total. The molecule has 2 fully saturated rings. The molecule has 2 aliphatic rings. The van der Waals surface area contributed by atoms with E-state index in [1.807, 2.05) is 0 Å². The van der Waals surface area contributed by atoms with Gasteiger partial charge in [-0.05, 0) is 38.5 Å². The summed E-state index contributed by atoms with van der Waals surface area (Å²) in [5, 5.41) is 0. The Kier molecular flexibility index (Phi) is 2.72. The van der Waals surface area contributed by atoms with Crippen LogP contribution < -0.4 is 5.73 Å². The van der Waals surface area contributed by atoms with Crippen molar-refractivity contribution in [1.82, 2.24) is 9.97 Å². The maximum atomic E-state index is 5.93. The lowest BCUT2D eigenvalue weighted by Crippen LogP contribution is -2.26. The topological polar surface area (TPSA) is 54.7 Å². The van der Waals surface area contributed by atoms with Crippen LogP contribution >= 0.6 is 0 Å². The highest BCUT2D eigenvalue weighted by Gasteiger charge is 2.25. The van der Waals surface area contributed by atoms with Crippen molar-refractivity contribution in [2.75, 3.05) is 0 Å². The van der Waals surface area contributed by atoms with E-state index < -0.39 is 0 Å². The predicted octanol–water partition coefficient (Wildman–Crippen LogP) is 2.66. The summed E-state index contributed by atoms with van der Waals surface area (Å²) < 4.78 is 0. The number of nitrogens with zero attached hydrogens (tertiary/aromatic N) is 1. The van der Waals surface area contributed by atoms with E-state index in [0.29, 0.717) is 12.0 Å². The Hall–Kier alpha value is -0.830. The molecule has 3 N–H and O–H groups in total. The molecule has 0 saturated heterocycles. The van der Waals surface area contributed by atoms with E-state index in [4.69, 9.17) is 5.73 Å². The van der Waals surface area contributed by atoms with Crippen molar-refractivity contribution in [1.29, 1.82) is 0 Å². The van der Waals surface area contributed by atoms with E-state index in [-0.39, 0.29) is 0 Å². The number of nitrogens with one attached hydrogen (secondary N) is 1. The molecule has 2 aliphatic carbocycles. The molecule has 88 valence electrons. The first-order chi connectivity index (χ1) is 7.83. The lowest BCUT2D eigenvalue weighted by molar-refractivity contribution is 0.383. The van der Waals surface area contributed by atoms with Gasteiger partial charge in [0, 0.05) is 29.8 Å². The number of aromatic amines is 1. The quantitative estimate of drug-likeness (QED) is 0.803. The number of aromatic nitrogens is 2. The van der Waals surface area contributed by atoms with Gasteiger partial charge in [-0.25, -0.2) is 4.98 Å². The van der Waals surface area contributed by atoms with Crippen LogP contribution in [0.4, 0.5) is 0 Å². The van der Waals surface area contributed by atoms with Gasteiger partial charge in [0.05, 0.1) is 0 Å². The molecule has 0 unspecified atom stereocenters. The average molecular weight is 219 g/mol. The summed E-state index contributed by atoms with van der Waals surface area (Å²) in [6, 6.07) is 0.428. The number of imidazole rings is 1. The molecule has 0 bridgehead atoms. The van der Waals surface area contributed by atoms with Crippen molar-refractivity contribution in [2.45, 2.75) is 62.8 Å². The van der Waals surface area contributed by atoms with E-state index >= 15 is 0 Å². The first-order valence-corrected chi connectivity index (χ1v) is 6.63. The number of hydrogen-bond acceptors (Lipinski definition) is 2. The van der Waals surface area contributed by atoms with Gasteiger partial charge in [0.1, 0.15) is 5.82 Å². The third-order valence-electron chi connectivity index (χ3n) is 4.32. The van der Waals surface area contributed by atoms with Crippen LogP contribution in [-0.4, -0.2) is 16.0 Å². The maximum Gasteiger partial charge on any atom is 0.109 e. The van der Waals surface area contributed by atoms with Gasteiger partial charge in [-0.3, -0.25) is 0 Å². The van der Waals surface area contributed by atoms with Crippen LogP contribution in [0.2, 0.25) is 0 Å². The summed E-state index contributed by atoms with van der Waals surface area (Å²) in [7, 11) is 0. The van der Waals surface area contributed by atoms with Gasteiger partial charge in [-0.15, -0.1) is 0 Å². The van der Waals surface area contributed by atoms with Crippen molar-refractivity contribution in [3.8, 4) is 0 Å². The minimum Gasteiger partial charge on any atom is -0.345 e. The molecule has 3 rings (SSSR count). The molecule has 2 saturated carbocycles. The van der Waals surface area contributed by atoms with Gasteiger partial charge in [0.15, 0.2) is 0 Å². The standard InChI is InChI=1S/C13H21N3/c14-11-6-4-10(5-7-11)13-15-8-12(16-13)9-2-1-3-9/h8-11H,1-7,14H2,(H,15,16). The Bertz CT molecular complexity index is 346. The molecule has 0 aromatic carbocycles. The van der Waals surface area contributed by atoms with Crippen LogP contribution in [0.15, 0.2) is 6.20 Å². The summed E-state index contributed by atoms with van der Waals surface area (Å²) in [5.41, 5.74) is 7.30. The Morgan fingerprint density at radius 1 is 1.06 bits per heavy atom. The van der Waals surface area contributed by atoms with Gasteiger partial charge < -0.3 is 10.7 Å². The van der Waals surface area contributed by atoms with E-state index in [1.54, 1.807) is 0 Å². The van der Waals surface area contributed by atoms with Crippen LogP contribution in [0.5, 0.6) is 0 Å². The van der Waals surface area contributed by atoms with Gasteiger partial charge in [0.25, 0.3) is 0 Å². The van der Waals surface area contributed by atoms with Gasteiger partial charge in [-0.1, -0.05) is 6.42 Å². The van der Waals surface area contributed by atoms with Gasteiger partial charge >= 0.3 is 0 Å². The van der Waals surface area contributed by atoms with Crippen LogP contribution in [0.1, 0.15) is 68.3 Å². The molecule has 1 aromatic heterocycles. The first-order valence-electron chi connectivity index (χ1n) is 6.63. The molecule has 3 heteroatoms. The van der Waals surface area contributed by atoms with Crippen LogP contribution in [0.25, 0.3) is 0 Å². The van der Waals surface area contributed by atoms with Gasteiger partial charge in [-0.2, -0.15) is 0 Å². The molecular formula is C13H21N3. The molecule has 0 amide bonds. The number of H-pyrrole nitrogens is 1. The molecule has 0 atom stereocenters. The third-order valence-corrected chi connectivity index (χ3v) is 4.32. The fourth-order valence-electron chi connectivity index (χ4n) is 2.88. The number of rotatable bonds is 2. The fourth-order valence-corrected chi connectivity index (χ4v) is 2.88. The summed E-state index contributed by atoms with van der Waals surface area (Å²) in [4.78, 5) is 8.12. The third kappa shape index (κ3) is 1.88. The summed E-state index contributed by atoms with van der Waals surface area (Å²) >= 11 is 0. The highest BCUT2D eigenvalue weighted by Crippen LogP contribution is 2.37. The largest absolute Gasteiger partial charge is 0.345 e.